The van der Waals surface area contributed by atoms with Gasteiger partial charge in [-0.2, -0.15) is 11.8 Å². The molecule has 0 aromatic heterocycles. The molecule has 0 radical (unpaired) electrons. The maximum absolute atomic E-state index is 10.7. The zero-order chi connectivity index (χ0) is 12.0. The van der Waals surface area contributed by atoms with Gasteiger partial charge in [0, 0.05) is 18.3 Å². The highest BCUT2D eigenvalue weighted by Crippen LogP contribution is 2.27. The molecule has 88 valence electrons. The Morgan fingerprint density at radius 2 is 2.31 bits per heavy atom. The molecule has 1 rings (SSSR count). The van der Waals surface area contributed by atoms with Crippen LogP contribution in [0.1, 0.15) is 6.42 Å². The summed E-state index contributed by atoms with van der Waals surface area (Å²) >= 11 is 4.94. The van der Waals surface area contributed by atoms with Crippen LogP contribution in [0.25, 0.3) is 0 Å². The van der Waals surface area contributed by atoms with Gasteiger partial charge in [0.25, 0.3) is 5.69 Å². The van der Waals surface area contributed by atoms with Crippen LogP contribution in [-0.4, -0.2) is 23.5 Å². The fourth-order valence-corrected chi connectivity index (χ4v) is 2.04. The summed E-state index contributed by atoms with van der Waals surface area (Å²) in [7, 11) is 0. The lowest BCUT2D eigenvalue weighted by atomic mass is 10.3. The van der Waals surface area contributed by atoms with E-state index >= 15 is 0 Å². The molecule has 4 nitrogen and oxygen atoms in total. The molecule has 1 aromatic rings. The quantitative estimate of drug-likeness (QED) is 0.496. The number of nitrogens with one attached hydrogen (secondary N) is 1. The van der Waals surface area contributed by atoms with E-state index in [1.807, 2.05) is 6.07 Å². The van der Waals surface area contributed by atoms with E-state index in [0.717, 1.165) is 24.4 Å². The van der Waals surface area contributed by atoms with Gasteiger partial charge in [0.2, 0.25) is 0 Å². The van der Waals surface area contributed by atoms with Crippen LogP contribution in [0.5, 0.6) is 0 Å². The molecule has 0 aliphatic carbocycles. The molecule has 0 aliphatic rings. The van der Waals surface area contributed by atoms with Crippen LogP contribution in [0.4, 0.5) is 11.4 Å². The van der Waals surface area contributed by atoms with Crippen molar-refractivity contribution in [2.45, 2.75) is 6.42 Å². The van der Waals surface area contributed by atoms with E-state index in [1.165, 1.54) is 0 Å². The first kappa shape index (κ1) is 13.3. The van der Waals surface area contributed by atoms with Crippen molar-refractivity contribution in [3.63, 3.8) is 0 Å². The van der Waals surface area contributed by atoms with Crippen molar-refractivity contribution >= 4 is 39.1 Å². The third-order valence-electron chi connectivity index (χ3n) is 2.00. The Hall–Kier alpha value is -0.750. The van der Waals surface area contributed by atoms with Gasteiger partial charge < -0.3 is 5.32 Å². The summed E-state index contributed by atoms with van der Waals surface area (Å²) in [4.78, 5) is 10.3. The smallest absolute Gasteiger partial charge is 0.285 e. The van der Waals surface area contributed by atoms with Crippen molar-refractivity contribution in [3.05, 3.63) is 32.8 Å². The van der Waals surface area contributed by atoms with E-state index in [1.54, 1.807) is 23.9 Å². The molecule has 0 aliphatic heterocycles. The van der Waals surface area contributed by atoms with E-state index in [0.29, 0.717) is 4.47 Å². The maximum atomic E-state index is 10.7. The van der Waals surface area contributed by atoms with Crippen LogP contribution in [0, 0.1) is 10.1 Å². The third-order valence-corrected chi connectivity index (χ3v) is 3.36. The van der Waals surface area contributed by atoms with E-state index in [9.17, 15) is 10.1 Å². The molecular formula is C10H13BrN2O2S. The van der Waals surface area contributed by atoms with Gasteiger partial charge in [-0.3, -0.25) is 10.1 Å². The van der Waals surface area contributed by atoms with Crippen molar-refractivity contribution in [1.82, 2.24) is 0 Å². The number of anilines is 1. The molecule has 0 amide bonds. The second-order valence-corrected chi connectivity index (χ2v) is 5.04. The molecular weight excluding hydrogens is 292 g/mol. The van der Waals surface area contributed by atoms with Crippen molar-refractivity contribution in [3.8, 4) is 0 Å². The molecule has 1 N–H and O–H groups in total. The standard InChI is InChI=1S/C10H13BrN2O2S/c1-16-6-2-5-12-8-3-4-9(11)10(7-8)13(14)15/h3-4,7,12H,2,5-6H2,1H3. The van der Waals surface area contributed by atoms with E-state index in [-0.39, 0.29) is 5.69 Å². The molecule has 1 aromatic carbocycles. The molecule has 6 heteroatoms. The van der Waals surface area contributed by atoms with Gasteiger partial charge >= 0.3 is 0 Å². The lowest BCUT2D eigenvalue weighted by molar-refractivity contribution is -0.385. The normalized spacial score (nSPS) is 10.1. The highest BCUT2D eigenvalue weighted by Gasteiger charge is 2.11. The van der Waals surface area contributed by atoms with Gasteiger partial charge in [-0.15, -0.1) is 0 Å². The van der Waals surface area contributed by atoms with Gasteiger partial charge in [-0.25, -0.2) is 0 Å². The minimum absolute atomic E-state index is 0.0925. The monoisotopic (exact) mass is 304 g/mol. The number of nitro benzene ring substituents is 1. The molecule has 0 bridgehead atoms. The average molecular weight is 305 g/mol. The van der Waals surface area contributed by atoms with Crippen molar-refractivity contribution in [2.24, 2.45) is 0 Å². The molecule has 16 heavy (non-hydrogen) atoms. The number of hydrogen-bond donors (Lipinski definition) is 1. The second-order valence-electron chi connectivity index (χ2n) is 3.20. The first-order valence-electron chi connectivity index (χ1n) is 4.82. The number of halogens is 1. The van der Waals surface area contributed by atoms with Crippen LogP contribution in [-0.2, 0) is 0 Å². The largest absolute Gasteiger partial charge is 0.385 e. The second kappa shape index (κ2) is 6.75. The van der Waals surface area contributed by atoms with Gasteiger partial charge in [0.15, 0.2) is 0 Å². The summed E-state index contributed by atoms with van der Waals surface area (Å²) in [5, 5.41) is 13.9. The van der Waals surface area contributed by atoms with Crippen LogP contribution in [0.15, 0.2) is 22.7 Å². The summed E-state index contributed by atoms with van der Waals surface area (Å²) in [5.74, 6) is 1.09. The third kappa shape index (κ3) is 4.02. The number of thioether (sulfide) groups is 1. The Bertz CT molecular complexity index is 374. The van der Waals surface area contributed by atoms with Gasteiger partial charge in [0.05, 0.1) is 9.40 Å². The minimum atomic E-state index is -0.392. The SMILES string of the molecule is CSCCCNc1ccc(Br)c([N+](=O)[O-])c1. The minimum Gasteiger partial charge on any atom is -0.385 e. The number of rotatable bonds is 6. The lowest BCUT2D eigenvalue weighted by Gasteiger charge is -2.05. The van der Waals surface area contributed by atoms with E-state index in [4.69, 9.17) is 0 Å². The van der Waals surface area contributed by atoms with Gasteiger partial charge in [-0.05, 0) is 46.5 Å². The number of hydrogen-bond acceptors (Lipinski definition) is 4. The van der Waals surface area contributed by atoms with Crippen molar-refractivity contribution in [2.75, 3.05) is 23.9 Å². The summed E-state index contributed by atoms with van der Waals surface area (Å²) in [6.45, 7) is 0.833. The molecule has 0 heterocycles. The topological polar surface area (TPSA) is 55.2 Å². The number of nitrogens with zero attached hydrogens (tertiary/aromatic N) is 1. The van der Waals surface area contributed by atoms with Crippen LogP contribution in [0.2, 0.25) is 0 Å². The first-order chi connectivity index (χ1) is 7.65. The van der Waals surface area contributed by atoms with E-state index < -0.39 is 4.92 Å². The predicted molar refractivity (Wildman–Crippen MR) is 72.3 cm³/mol. The highest BCUT2D eigenvalue weighted by molar-refractivity contribution is 9.10. The van der Waals surface area contributed by atoms with Crippen molar-refractivity contribution < 1.29 is 4.92 Å². The zero-order valence-electron chi connectivity index (χ0n) is 8.90. The average Bonchev–Trinajstić information content (AvgIpc) is 2.26. The Kier molecular flexibility index (Phi) is 5.62. The molecule has 0 saturated heterocycles. The van der Waals surface area contributed by atoms with Gasteiger partial charge in [0.1, 0.15) is 0 Å². The first-order valence-corrected chi connectivity index (χ1v) is 7.00. The zero-order valence-corrected chi connectivity index (χ0v) is 11.3. The van der Waals surface area contributed by atoms with Crippen LogP contribution < -0.4 is 5.32 Å². The Labute approximate surface area is 107 Å². The molecule has 0 atom stereocenters. The summed E-state index contributed by atoms with van der Waals surface area (Å²) in [6.07, 6.45) is 3.11. The molecule has 0 saturated carbocycles. The van der Waals surface area contributed by atoms with Crippen LogP contribution >= 0.6 is 27.7 Å². The molecule has 0 spiro atoms. The highest BCUT2D eigenvalue weighted by atomic mass is 79.9. The number of benzene rings is 1. The van der Waals surface area contributed by atoms with Gasteiger partial charge in [-0.1, -0.05) is 0 Å². The van der Waals surface area contributed by atoms with E-state index in [2.05, 4.69) is 27.5 Å². The fourth-order valence-electron chi connectivity index (χ4n) is 1.21. The Morgan fingerprint density at radius 1 is 1.56 bits per heavy atom. The lowest BCUT2D eigenvalue weighted by Crippen LogP contribution is -2.03. The van der Waals surface area contributed by atoms with Crippen LogP contribution in [0.3, 0.4) is 0 Å². The fraction of sp³-hybridized carbons (Fsp3) is 0.400. The molecule has 0 unspecified atom stereocenters. The Balaban J connectivity index is 2.61. The summed E-state index contributed by atoms with van der Waals surface area (Å²) in [6, 6.07) is 5.06. The summed E-state index contributed by atoms with van der Waals surface area (Å²) < 4.78 is 0.507. The van der Waals surface area contributed by atoms with Crippen molar-refractivity contribution in [1.29, 1.82) is 0 Å². The molecule has 0 fully saturated rings. The number of nitro groups is 1. The maximum Gasteiger partial charge on any atom is 0.285 e. The predicted octanol–water partition coefficient (Wildman–Crippen LogP) is 3.52. The summed E-state index contributed by atoms with van der Waals surface area (Å²) in [5.41, 5.74) is 0.880. The Morgan fingerprint density at radius 3 is 2.94 bits per heavy atom.